The highest BCUT2D eigenvalue weighted by Gasteiger charge is 2.17. The predicted octanol–water partition coefficient (Wildman–Crippen LogP) is 4.14. The first kappa shape index (κ1) is 16.4. The third kappa shape index (κ3) is 2.97. The summed E-state index contributed by atoms with van der Waals surface area (Å²) in [5.74, 6) is -0.194. The number of hydrogen-bond acceptors (Lipinski definition) is 5. The van der Waals surface area contributed by atoms with Gasteiger partial charge in [0, 0.05) is 35.3 Å². The second kappa shape index (κ2) is 6.68. The molecule has 4 rings (SSSR count). The lowest BCUT2D eigenvalue weighted by Gasteiger charge is -2.09. The molecule has 0 spiro atoms. The fourth-order valence-corrected chi connectivity index (χ4v) is 3.41. The second-order valence-electron chi connectivity index (χ2n) is 5.85. The fraction of sp³-hybridized carbons (Fsp3) is 0.158. The number of carbonyl (C=O) groups excluding carboxylic acids is 1. The molecule has 0 fully saturated rings. The minimum absolute atomic E-state index is 0.194. The quantitative estimate of drug-likeness (QED) is 0.591. The van der Waals surface area contributed by atoms with Crippen LogP contribution in [0.1, 0.15) is 23.0 Å². The van der Waals surface area contributed by atoms with E-state index in [-0.39, 0.29) is 5.91 Å². The van der Waals surface area contributed by atoms with Gasteiger partial charge in [0.1, 0.15) is 0 Å². The number of pyridine rings is 1. The molecule has 3 aromatic heterocycles. The van der Waals surface area contributed by atoms with Crippen molar-refractivity contribution in [1.82, 2.24) is 19.7 Å². The molecular weight excluding hydrogens is 346 g/mol. The Kier molecular flexibility index (Phi) is 4.22. The van der Waals surface area contributed by atoms with E-state index in [9.17, 15) is 4.79 Å². The number of nitrogens with one attached hydrogen (secondary N) is 1. The number of aromatic nitrogens is 4. The molecule has 1 aromatic carbocycles. The molecule has 1 amide bonds. The number of amides is 1. The Morgan fingerprint density at radius 2 is 2.15 bits per heavy atom. The maximum atomic E-state index is 12.9. The highest BCUT2D eigenvalue weighted by atomic mass is 32.1. The van der Waals surface area contributed by atoms with Crippen LogP contribution in [0.5, 0.6) is 0 Å². The van der Waals surface area contributed by atoms with Crippen LogP contribution in [0.2, 0.25) is 0 Å². The standard InChI is InChI=1S/C19H17N5OS/c1-3-24-11-15(12(2)23-24)17-10-14(13-6-4-5-7-16(13)21-17)18(25)22-19-20-8-9-26-19/h4-11H,3H2,1-2H3,(H,20,22,25). The Morgan fingerprint density at radius 3 is 2.88 bits per heavy atom. The van der Waals surface area contributed by atoms with Gasteiger partial charge in [0.15, 0.2) is 5.13 Å². The molecule has 0 aliphatic carbocycles. The third-order valence-electron chi connectivity index (χ3n) is 4.16. The minimum atomic E-state index is -0.194. The number of para-hydroxylation sites is 1. The lowest BCUT2D eigenvalue weighted by Crippen LogP contribution is -2.13. The van der Waals surface area contributed by atoms with Crippen molar-refractivity contribution in [3.05, 3.63) is 59.4 Å². The van der Waals surface area contributed by atoms with Gasteiger partial charge in [-0.15, -0.1) is 11.3 Å². The van der Waals surface area contributed by atoms with Crippen LogP contribution < -0.4 is 5.32 Å². The summed E-state index contributed by atoms with van der Waals surface area (Å²) in [5.41, 5.74) is 3.91. The van der Waals surface area contributed by atoms with Crippen LogP contribution in [0, 0.1) is 6.92 Å². The van der Waals surface area contributed by atoms with Crippen LogP contribution in [0.25, 0.3) is 22.2 Å². The fourth-order valence-electron chi connectivity index (χ4n) is 2.88. The van der Waals surface area contributed by atoms with Gasteiger partial charge in [-0.1, -0.05) is 18.2 Å². The Balaban J connectivity index is 1.85. The molecule has 0 bridgehead atoms. The molecule has 0 atom stereocenters. The molecule has 0 saturated carbocycles. The van der Waals surface area contributed by atoms with Gasteiger partial charge in [0.2, 0.25) is 0 Å². The molecule has 0 unspecified atom stereocenters. The summed E-state index contributed by atoms with van der Waals surface area (Å²) < 4.78 is 1.87. The Bertz CT molecular complexity index is 1080. The lowest BCUT2D eigenvalue weighted by molar-refractivity contribution is 0.102. The largest absolute Gasteiger partial charge is 0.298 e. The van der Waals surface area contributed by atoms with Crippen molar-refractivity contribution >= 4 is 33.3 Å². The van der Waals surface area contributed by atoms with Gasteiger partial charge < -0.3 is 0 Å². The van der Waals surface area contributed by atoms with Crippen molar-refractivity contribution in [3.63, 3.8) is 0 Å². The summed E-state index contributed by atoms with van der Waals surface area (Å²) in [6.45, 7) is 4.77. The Labute approximate surface area is 154 Å². The lowest BCUT2D eigenvalue weighted by atomic mass is 10.0. The number of hydrogen-bond donors (Lipinski definition) is 1. The molecule has 3 heterocycles. The Hall–Kier alpha value is -3.06. The van der Waals surface area contributed by atoms with Crippen molar-refractivity contribution in [2.24, 2.45) is 0 Å². The first-order valence-corrected chi connectivity index (χ1v) is 9.18. The zero-order valence-corrected chi connectivity index (χ0v) is 15.2. The number of carbonyl (C=O) groups is 1. The van der Waals surface area contributed by atoms with E-state index in [1.165, 1.54) is 11.3 Å². The predicted molar refractivity (Wildman–Crippen MR) is 103 cm³/mol. The average molecular weight is 363 g/mol. The summed E-state index contributed by atoms with van der Waals surface area (Å²) in [5, 5.41) is 10.6. The van der Waals surface area contributed by atoms with Gasteiger partial charge in [0.25, 0.3) is 5.91 Å². The number of benzene rings is 1. The van der Waals surface area contributed by atoms with Crippen molar-refractivity contribution in [2.75, 3.05) is 5.32 Å². The summed E-state index contributed by atoms with van der Waals surface area (Å²) in [4.78, 5) is 21.7. The van der Waals surface area contributed by atoms with E-state index in [4.69, 9.17) is 4.98 Å². The molecule has 6 nitrogen and oxygen atoms in total. The second-order valence-corrected chi connectivity index (χ2v) is 6.74. The maximum absolute atomic E-state index is 12.9. The van der Waals surface area contributed by atoms with E-state index in [2.05, 4.69) is 15.4 Å². The number of aryl methyl sites for hydroxylation is 2. The van der Waals surface area contributed by atoms with Crippen molar-refractivity contribution < 1.29 is 4.79 Å². The van der Waals surface area contributed by atoms with E-state index >= 15 is 0 Å². The van der Waals surface area contributed by atoms with Gasteiger partial charge >= 0.3 is 0 Å². The van der Waals surface area contributed by atoms with E-state index in [1.54, 1.807) is 6.20 Å². The highest BCUT2D eigenvalue weighted by molar-refractivity contribution is 7.13. The molecule has 130 valence electrons. The van der Waals surface area contributed by atoms with Gasteiger partial charge in [0.05, 0.1) is 22.5 Å². The maximum Gasteiger partial charge on any atom is 0.258 e. The topological polar surface area (TPSA) is 72.7 Å². The van der Waals surface area contributed by atoms with Gasteiger partial charge in [-0.3, -0.25) is 14.8 Å². The minimum Gasteiger partial charge on any atom is -0.298 e. The van der Waals surface area contributed by atoms with Crippen molar-refractivity contribution in [3.8, 4) is 11.3 Å². The summed E-state index contributed by atoms with van der Waals surface area (Å²) in [7, 11) is 0. The van der Waals surface area contributed by atoms with E-state index in [0.717, 1.165) is 34.4 Å². The molecule has 0 saturated heterocycles. The van der Waals surface area contributed by atoms with Crippen molar-refractivity contribution in [1.29, 1.82) is 0 Å². The van der Waals surface area contributed by atoms with Gasteiger partial charge in [-0.2, -0.15) is 5.10 Å². The van der Waals surface area contributed by atoms with Gasteiger partial charge in [-0.05, 0) is 26.0 Å². The van der Waals surface area contributed by atoms with E-state index < -0.39 is 0 Å². The molecular formula is C19H17N5OS. The summed E-state index contributed by atoms with van der Waals surface area (Å²) in [6.07, 6.45) is 3.63. The first-order chi connectivity index (χ1) is 12.7. The summed E-state index contributed by atoms with van der Waals surface area (Å²) >= 11 is 1.39. The number of rotatable bonds is 4. The Morgan fingerprint density at radius 1 is 1.31 bits per heavy atom. The zero-order valence-electron chi connectivity index (χ0n) is 14.4. The monoisotopic (exact) mass is 363 g/mol. The van der Waals surface area contributed by atoms with Crippen LogP contribution in [0.4, 0.5) is 5.13 Å². The highest BCUT2D eigenvalue weighted by Crippen LogP contribution is 2.27. The third-order valence-corrected chi connectivity index (χ3v) is 4.85. The molecule has 4 aromatic rings. The van der Waals surface area contributed by atoms with E-state index in [1.807, 2.05) is 60.4 Å². The van der Waals surface area contributed by atoms with Gasteiger partial charge in [-0.25, -0.2) is 9.97 Å². The SMILES string of the molecule is CCn1cc(-c2cc(C(=O)Nc3nccs3)c3ccccc3n2)c(C)n1. The molecule has 26 heavy (non-hydrogen) atoms. The number of nitrogens with zero attached hydrogens (tertiary/aromatic N) is 4. The normalized spacial score (nSPS) is 11.0. The van der Waals surface area contributed by atoms with Crippen LogP contribution in [-0.4, -0.2) is 25.7 Å². The molecule has 0 aliphatic rings. The molecule has 0 aliphatic heterocycles. The smallest absolute Gasteiger partial charge is 0.258 e. The summed E-state index contributed by atoms with van der Waals surface area (Å²) in [6, 6.07) is 9.48. The molecule has 0 radical (unpaired) electrons. The van der Waals surface area contributed by atoms with E-state index in [0.29, 0.717) is 10.7 Å². The first-order valence-electron chi connectivity index (χ1n) is 8.30. The van der Waals surface area contributed by atoms with Crippen LogP contribution in [0.3, 0.4) is 0 Å². The molecule has 7 heteroatoms. The zero-order chi connectivity index (χ0) is 18.1. The average Bonchev–Trinajstić information content (AvgIpc) is 3.30. The number of thiazole rings is 1. The number of fused-ring (bicyclic) bond motifs is 1. The van der Waals surface area contributed by atoms with Crippen LogP contribution >= 0.6 is 11.3 Å². The molecule has 1 N–H and O–H groups in total. The van der Waals surface area contributed by atoms with Crippen molar-refractivity contribution in [2.45, 2.75) is 20.4 Å². The number of anilines is 1. The van der Waals surface area contributed by atoms with Crippen LogP contribution in [0.15, 0.2) is 48.1 Å². The van der Waals surface area contributed by atoms with Crippen LogP contribution in [-0.2, 0) is 6.54 Å².